The molecule has 0 amide bonds. The summed E-state index contributed by atoms with van der Waals surface area (Å²) in [6, 6.07) is 9.16. The summed E-state index contributed by atoms with van der Waals surface area (Å²) in [4.78, 5) is 0. The van der Waals surface area contributed by atoms with E-state index in [0.29, 0.717) is 18.6 Å². The minimum absolute atomic E-state index is 0.325. The van der Waals surface area contributed by atoms with Gasteiger partial charge in [-0.15, -0.1) is 0 Å². The molecule has 1 aliphatic rings. The van der Waals surface area contributed by atoms with Crippen LogP contribution in [0.3, 0.4) is 0 Å². The average molecular weight is 233 g/mol. The van der Waals surface area contributed by atoms with Gasteiger partial charge in [0.05, 0.1) is 0 Å². The summed E-state index contributed by atoms with van der Waals surface area (Å²) in [6.07, 6.45) is 4.94. The number of benzene rings is 1. The fraction of sp³-hybridized carbons (Fsp3) is 0.600. The van der Waals surface area contributed by atoms with Gasteiger partial charge in [0.15, 0.2) is 0 Å². The fourth-order valence-electron chi connectivity index (χ4n) is 2.65. The van der Waals surface area contributed by atoms with E-state index in [1.54, 1.807) is 0 Å². The van der Waals surface area contributed by atoms with Gasteiger partial charge in [0.25, 0.3) is 0 Å². The van der Waals surface area contributed by atoms with E-state index in [0.717, 1.165) is 6.54 Å². The Morgan fingerprint density at radius 3 is 2.59 bits per heavy atom. The summed E-state index contributed by atoms with van der Waals surface area (Å²) in [5.41, 5.74) is 2.64. The van der Waals surface area contributed by atoms with Gasteiger partial charge in [0.2, 0.25) is 0 Å². The second-order valence-corrected chi connectivity index (χ2v) is 5.20. The normalized spacial score (nSPS) is 24.8. The Hall–Kier alpha value is -0.860. The lowest BCUT2D eigenvalue weighted by Gasteiger charge is -2.31. The van der Waals surface area contributed by atoms with Crippen molar-refractivity contribution in [2.45, 2.75) is 45.2 Å². The van der Waals surface area contributed by atoms with Gasteiger partial charge in [-0.3, -0.25) is 0 Å². The van der Waals surface area contributed by atoms with Crippen LogP contribution in [0.2, 0.25) is 0 Å². The van der Waals surface area contributed by atoms with Gasteiger partial charge in [-0.1, -0.05) is 42.7 Å². The highest BCUT2D eigenvalue weighted by molar-refractivity contribution is 5.21. The van der Waals surface area contributed by atoms with Crippen molar-refractivity contribution < 1.29 is 5.11 Å². The van der Waals surface area contributed by atoms with Gasteiger partial charge in [-0.25, -0.2) is 0 Å². The third-order valence-electron chi connectivity index (χ3n) is 3.83. The summed E-state index contributed by atoms with van der Waals surface area (Å²) in [5, 5.41) is 13.0. The van der Waals surface area contributed by atoms with Crippen LogP contribution in [0.1, 0.15) is 36.8 Å². The van der Waals surface area contributed by atoms with Crippen LogP contribution in [0.4, 0.5) is 0 Å². The molecule has 2 N–H and O–H groups in total. The lowest BCUT2D eigenvalue weighted by Crippen LogP contribution is -2.39. The zero-order chi connectivity index (χ0) is 12.1. The lowest BCUT2D eigenvalue weighted by molar-refractivity contribution is 0.152. The fourth-order valence-corrected chi connectivity index (χ4v) is 2.65. The number of hydrogen-bond donors (Lipinski definition) is 2. The zero-order valence-electron chi connectivity index (χ0n) is 10.7. The Balaban J connectivity index is 1.86. The first kappa shape index (κ1) is 12.6. The summed E-state index contributed by atoms with van der Waals surface area (Å²) in [6.45, 7) is 3.35. The van der Waals surface area contributed by atoms with Gasteiger partial charge in [-0.2, -0.15) is 0 Å². The molecule has 0 aliphatic heterocycles. The van der Waals surface area contributed by atoms with Crippen molar-refractivity contribution in [3.05, 3.63) is 35.4 Å². The molecule has 0 radical (unpaired) electrons. The molecule has 17 heavy (non-hydrogen) atoms. The number of aliphatic hydroxyl groups excluding tert-OH is 1. The third kappa shape index (κ3) is 3.55. The largest absolute Gasteiger partial charge is 0.396 e. The Morgan fingerprint density at radius 2 is 1.88 bits per heavy atom. The van der Waals surface area contributed by atoms with Crippen LogP contribution in [0.15, 0.2) is 24.3 Å². The number of rotatable bonds is 4. The maximum absolute atomic E-state index is 9.36. The SMILES string of the molecule is Cc1ccc(CNC2CCCCC2CO)cc1. The van der Waals surface area contributed by atoms with Crippen LogP contribution < -0.4 is 5.32 Å². The van der Waals surface area contributed by atoms with Crippen LogP contribution in [-0.4, -0.2) is 17.8 Å². The van der Waals surface area contributed by atoms with E-state index in [-0.39, 0.29) is 0 Å². The molecule has 2 rings (SSSR count). The molecule has 0 aromatic heterocycles. The van der Waals surface area contributed by atoms with Crippen LogP contribution in [0.5, 0.6) is 0 Å². The first-order chi connectivity index (χ1) is 8.29. The van der Waals surface area contributed by atoms with Gasteiger partial charge < -0.3 is 10.4 Å². The minimum Gasteiger partial charge on any atom is -0.396 e. The van der Waals surface area contributed by atoms with Crippen LogP contribution in [0, 0.1) is 12.8 Å². The van der Waals surface area contributed by atoms with Gasteiger partial charge in [-0.05, 0) is 31.2 Å². The molecule has 0 heterocycles. The molecule has 2 heteroatoms. The number of aryl methyl sites for hydroxylation is 1. The van der Waals surface area contributed by atoms with Crippen LogP contribution >= 0.6 is 0 Å². The number of nitrogens with one attached hydrogen (secondary N) is 1. The van der Waals surface area contributed by atoms with Crippen molar-refractivity contribution in [1.82, 2.24) is 5.32 Å². The summed E-state index contributed by atoms with van der Waals surface area (Å²) >= 11 is 0. The molecule has 0 bridgehead atoms. The number of hydrogen-bond acceptors (Lipinski definition) is 2. The maximum Gasteiger partial charge on any atom is 0.0474 e. The predicted octanol–water partition coefficient (Wildman–Crippen LogP) is 2.64. The highest BCUT2D eigenvalue weighted by Gasteiger charge is 2.23. The average Bonchev–Trinajstić information content (AvgIpc) is 2.38. The van der Waals surface area contributed by atoms with Crippen LogP contribution in [0.25, 0.3) is 0 Å². The third-order valence-corrected chi connectivity index (χ3v) is 3.83. The van der Waals surface area contributed by atoms with Crippen molar-refractivity contribution >= 4 is 0 Å². The van der Waals surface area contributed by atoms with Crippen molar-refractivity contribution in [3.8, 4) is 0 Å². The first-order valence-electron chi connectivity index (χ1n) is 6.69. The molecule has 0 saturated heterocycles. The predicted molar refractivity (Wildman–Crippen MR) is 70.9 cm³/mol. The highest BCUT2D eigenvalue weighted by atomic mass is 16.3. The van der Waals surface area contributed by atoms with E-state index in [4.69, 9.17) is 0 Å². The zero-order valence-corrected chi connectivity index (χ0v) is 10.7. The number of aliphatic hydroxyl groups is 1. The Kier molecular flexibility index (Phi) is 4.57. The Bertz CT molecular complexity index is 333. The molecule has 1 fully saturated rings. The van der Waals surface area contributed by atoms with Gasteiger partial charge in [0, 0.05) is 19.2 Å². The molecule has 1 aromatic carbocycles. The monoisotopic (exact) mass is 233 g/mol. The lowest BCUT2D eigenvalue weighted by atomic mass is 9.85. The van der Waals surface area contributed by atoms with E-state index < -0.39 is 0 Å². The first-order valence-corrected chi connectivity index (χ1v) is 6.69. The quantitative estimate of drug-likeness (QED) is 0.838. The molecule has 1 aromatic rings. The van der Waals surface area contributed by atoms with Crippen LogP contribution in [-0.2, 0) is 6.54 Å². The molecule has 2 unspecified atom stereocenters. The van der Waals surface area contributed by atoms with Crippen molar-refractivity contribution in [2.75, 3.05) is 6.61 Å². The Labute approximate surface area is 104 Å². The molecule has 94 valence electrons. The van der Waals surface area contributed by atoms with Gasteiger partial charge >= 0.3 is 0 Å². The standard InChI is InChI=1S/C15H23NO/c1-12-6-8-13(9-7-12)10-16-15-5-3-2-4-14(15)11-17/h6-9,14-17H,2-5,10-11H2,1H3. The molecule has 2 nitrogen and oxygen atoms in total. The molecular weight excluding hydrogens is 210 g/mol. The summed E-state index contributed by atoms with van der Waals surface area (Å²) in [7, 11) is 0. The van der Waals surface area contributed by atoms with Crippen molar-refractivity contribution in [3.63, 3.8) is 0 Å². The maximum atomic E-state index is 9.36. The molecule has 0 spiro atoms. The van der Waals surface area contributed by atoms with E-state index in [2.05, 4.69) is 36.5 Å². The van der Waals surface area contributed by atoms with E-state index in [9.17, 15) is 5.11 Å². The molecule has 1 saturated carbocycles. The summed E-state index contributed by atoms with van der Waals surface area (Å²) in [5.74, 6) is 0.453. The second-order valence-electron chi connectivity index (χ2n) is 5.20. The topological polar surface area (TPSA) is 32.3 Å². The molecule has 1 aliphatic carbocycles. The Morgan fingerprint density at radius 1 is 1.18 bits per heavy atom. The minimum atomic E-state index is 0.325. The van der Waals surface area contributed by atoms with Gasteiger partial charge in [0.1, 0.15) is 0 Å². The highest BCUT2D eigenvalue weighted by Crippen LogP contribution is 2.24. The second kappa shape index (κ2) is 6.18. The van der Waals surface area contributed by atoms with E-state index >= 15 is 0 Å². The molecule has 2 atom stereocenters. The van der Waals surface area contributed by atoms with Crippen molar-refractivity contribution in [2.24, 2.45) is 5.92 Å². The smallest absolute Gasteiger partial charge is 0.0474 e. The summed E-state index contributed by atoms with van der Waals surface area (Å²) < 4.78 is 0. The van der Waals surface area contributed by atoms with Crippen molar-refractivity contribution in [1.29, 1.82) is 0 Å². The van der Waals surface area contributed by atoms with E-state index in [1.165, 1.54) is 36.8 Å². The molecular formula is C15H23NO. The van der Waals surface area contributed by atoms with E-state index in [1.807, 2.05) is 0 Å².